The molecular weight excluding hydrogens is 362 g/mol. The first-order valence-corrected chi connectivity index (χ1v) is 10.1. The molecule has 0 spiro atoms. The minimum absolute atomic E-state index is 0.0187. The molecule has 10 heteroatoms. The zero-order valence-electron chi connectivity index (χ0n) is 12.3. The molecule has 0 atom stereocenters. The number of halogens is 1. The Bertz CT molecular complexity index is 625. The van der Waals surface area contributed by atoms with Gasteiger partial charge in [-0.05, 0) is 11.8 Å². The molecule has 2 rings (SSSR count). The van der Waals surface area contributed by atoms with Crippen molar-refractivity contribution >= 4 is 31.5 Å². The Kier molecular flexibility index (Phi) is 7.60. The molecular formula is C13H16ClN3O4S2. The third-order valence-corrected chi connectivity index (χ3v) is 5.63. The highest BCUT2D eigenvalue weighted by Crippen LogP contribution is 2.34. The van der Waals surface area contributed by atoms with Gasteiger partial charge in [0.1, 0.15) is 5.40 Å². The van der Waals surface area contributed by atoms with Crippen LogP contribution in [0.2, 0.25) is 0 Å². The van der Waals surface area contributed by atoms with Crippen molar-refractivity contribution < 1.29 is 17.9 Å². The Morgan fingerprint density at radius 2 is 1.48 bits per heavy atom. The monoisotopic (exact) mass is 377 g/mol. The normalized spacial score (nSPS) is 20.3. The molecule has 0 unspecified atom stereocenters. The first kappa shape index (κ1) is 20.0. The summed E-state index contributed by atoms with van der Waals surface area (Å²) in [5, 5.41) is 27.2. The van der Waals surface area contributed by atoms with E-state index in [1.54, 1.807) is 0 Å². The van der Waals surface area contributed by atoms with E-state index in [-0.39, 0.29) is 17.6 Å². The molecule has 2 fully saturated rings. The van der Waals surface area contributed by atoms with Crippen molar-refractivity contribution in [3.05, 3.63) is 0 Å². The summed E-state index contributed by atoms with van der Waals surface area (Å²) in [5.41, 5.74) is -0.565. The van der Waals surface area contributed by atoms with E-state index in [1.165, 1.54) is 11.8 Å². The maximum atomic E-state index is 10.7. The van der Waals surface area contributed by atoms with Crippen LogP contribution in [0.1, 0.15) is 12.8 Å². The van der Waals surface area contributed by atoms with E-state index >= 15 is 0 Å². The molecule has 0 radical (unpaired) electrons. The summed E-state index contributed by atoms with van der Waals surface area (Å²) >= 11 is 1.21. The van der Waals surface area contributed by atoms with E-state index in [2.05, 4.69) is 6.07 Å². The Morgan fingerprint density at radius 3 is 1.78 bits per heavy atom. The molecule has 23 heavy (non-hydrogen) atoms. The van der Waals surface area contributed by atoms with Crippen LogP contribution in [0.3, 0.4) is 0 Å². The van der Waals surface area contributed by atoms with Gasteiger partial charge in [0.2, 0.25) is 9.05 Å². The lowest BCUT2D eigenvalue weighted by atomic mass is 9.85. The number of thioether (sulfide) groups is 1. The Balaban J connectivity index is 0.000000231. The molecule has 126 valence electrons. The molecule has 0 bridgehead atoms. The summed E-state index contributed by atoms with van der Waals surface area (Å²) < 4.78 is 31.3. The molecule has 0 aromatic heterocycles. The second-order valence-corrected chi connectivity index (χ2v) is 9.26. The highest BCUT2D eigenvalue weighted by Gasteiger charge is 2.42. The number of thiocyanates is 1. The lowest BCUT2D eigenvalue weighted by Crippen LogP contribution is -2.46. The molecule has 0 aromatic rings. The van der Waals surface area contributed by atoms with Crippen LogP contribution in [0, 0.1) is 44.2 Å². The van der Waals surface area contributed by atoms with Crippen LogP contribution in [0.5, 0.6) is 0 Å². The van der Waals surface area contributed by atoms with Gasteiger partial charge in [0, 0.05) is 40.1 Å². The molecule has 0 aromatic carbocycles. The molecule has 2 heterocycles. The van der Waals surface area contributed by atoms with Crippen LogP contribution in [0.15, 0.2) is 0 Å². The van der Waals surface area contributed by atoms with Crippen molar-refractivity contribution in [1.82, 2.24) is 0 Å². The zero-order valence-corrected chi connectivity index (χ0v) is 14.7. The van der Waals surface area contributed by atoms with Crippen molar-refractivity contribution in [3.8, 4) is 17.5 Å². The van der Waals surface area contributed by atoms with Gasteiger partial charge in [0.15, 0.2) is 0 Å². The van der Waals surface area contributed by atoms with Gasteiger partial charge in [-0.25, -0.2) is 8.42 Å². The second kappa shape index (κ2) is 8.73. The number of nitrogens with zero attached hydrogens (tertiary/aromatic N) is 3. The number of ether oxygens (including phenoxy) is 2. The summed E-state index contributed by atoms with van der Waals surface area (Å²) in [6, 6.07) is 4.05. The molecule has 2 saturated heterocycles. The lowest BCUT2D eigenvalue weighted by Gasteiger charge is -2.38. The second-order valence-electron chi connectivity index (χ2n) is 5.72. The smallest absolute Gasteiger partial charge is 0.233 e. The molecule has 0 saturated carbocycles. The maximum absolute atomic E-state index is 10.7. The van der Waals surface area contributed by atoms with Crippen LogP contribution in [0.4, 0.5) is 0 Å². The van der Waals surface area contributed by atoms with Gasteiger partial charge in [0.25, 0.3) is 0 Å². The van der Waals surface area contributed by atoms with E-state index in [4.69, 9.17) is 35.9 Å². The Labute approximate surface area is 144 Å². The van der Waals surface area contributed by atoms with Crippen molar-refractivity contribution in [2.75, 3.05) is 37.9 Å². The lowest BCUT2D eigenvalue weighted by molar-refractivity contribution is -0.0954. The fraction of sp³-hybridized carbons (Fsp3) is 0.769. The Hall–Kier alpha value is -1.02. The van der Waals surface area contributed by atoms with Crippen LogP contribution in [-0.2, 0) is 18.5 Å². The van der Waals surface area contributed by atoms with Crippen molar-refractivity contribution in [2.24, 2.45) is 10.8 Å². The van der Waals surface area contributed by atoms with Crippen molar-refractivity contribution in [1.29, 1.82) is 15.8 Å². The van der Waals surface area contributed by atoms with Crippen LogP contribution < -0.4 is 0 Å². The van der Waals surface area contributed by atoms with Crippen molar-refractivity contribution in [2.45, 2.75) is 12.8 Å². The first-order valence-electron chi connectivity index (χ1n) is 6.63. The third kappa shape index (κ3) is 6.55. The summed E-state index contributed by atoms with van der Waals surface area (Å²) in [6.45, 7) is 1.89. The van der Waals surface area contributed by atoms with E-state index in [9.17, 15) is 8.42 Å². The third-order valence-electron chi connectivity index (χ3n) is 3.46. The predicted molar refractivity (Wildman–Crippen MR) is 84.7 cm³/mol. The van der Waals surface area contributed by atoms with Crippen LogP contribution in [0.25, 0.3) is 0 Å². The highest BCUT2D eigenvalue weighted by atomic mass is 35.7. The minimum atomic E-state index is -3.52. The summed E-state index contributed by atoms with van der Waals surface area (Å²) in [5.74, 6) is 0.548. The van der Waals surface area contributed by atoms with Gasteiger partial charge >= 0.3 is 0 Å². The largest absolute Gasteiger partial charge is 0.380 e. The minimum Gasteiger partial charge on any atom is -0.380 e. The highest BCUT2D eigenvalue weighted by molar-refractivity contribution is 8.13. The predicted octanol–water partition coefficient (Wildman–Crippen LogP) is 1.62. The average molecular weight is 378 g/mol. The van der Waals surface area contributed by atoms with E-state index in [1.807, 2.05) is 11.5 Å². The SMILES string of the molecule is N#CCC1(CS(=O)(=O)Cl)COC1.N#CCC1(CSC#N)COC1. The topological polar surface area (TPSA) is 124 Å². The Morgan fingerprint density at radius 1 is 1.00 bits per heavy atom. The van der Waals surface area contributed by atoms with Gasteiger partial charge < -0.3 is 9.47 Å². The van der Waals surface area contributed by atoms with Gasteiger partial charge in [-0.3, -0.25) is 0 Å². The summed E-state index contributed by atoms with van der Waals surface area (Å²) in [6.07, 6.45) is 0.681. The molecule has 2 aliphatic rings. The summed E-state index contributed by atoms with van der Waals surface area (Å²) in [7, 11) is 1.55. The standard InChI is InChI=1S/C7H8N2OS.C6H8ClNO3S/c8-2-1-7(3-10-4-7)5-11-6-9;7-12(9,10)5-6(1-2-8)3-11-4-6/h1,3-5H2;1,3-5H2. The molecule has 7 nitrogen and oxygen atoms in total. The van der Waals surface area contributed by atoms with E-state index in [0.29, 0.717) is 32.8 Å². The number of hydrogen-bond donors (Lipinski definition) is 0. The fourth-order valence-electron chi connectivity index (χ4n) is 2.14. The molecule has 0 amide bonds. The maximum Gasteiger partial charge on any atom is 0.233 e. The van der Waals surface area contributed by atoms with Gasteiger partial charge in [-0.2, -0.15) is 15.8 Å². The quantitative estimate of drug-likeness (QED) is 0.505. The van der Waals surface area contributed by atoms with Gasteiger partial charge in [-0.15, -0.1) is 0 Å². The molecule has 0 N–H and O–H groups in total. The van der Waals surface area contributed by atoms with Crippen LogP contribution >= 0.6 is 22.4 Å². The molecule has 2 aliphatic heterocycles. The first-order chi connectivity index (χ1) is 10.8. The van der Waals surface area contributed by atoms with Crippen LogP contribution in [-0.4, -0.2) is 46.4 Å². The van der Waals surface area contributed by atoms with E-state index < -0.39 is 14.5 Å². The number of rotatable bonds is 6. The fourth-order valence-corrected chi connectivity index (χ4v) is 4.47. The van der Waals surface area contributed by atoms with Gasteiger partial charge in [0.05, 0.1) is 44.3 Å². The average Bonchev–Trinajstić information content (AvgIpc) is 2.39. The van der Waals surface area contributed by atoms with Crippen molar-refractivity contribution in [3.63, 3.8) is 0 Å². The molecule has 0 aliphatic carbocycles. The van der Waals surface area contributed by atoms with Gasteiger partial charge in [-0.1, -0.05) is 0 Å². The number of nitriles is 3. The zero-order chi connectivity index (χ0) is 17.4. The summed E-state index contributed by atoms with van der Waals surface area (Å²) in [4.78, 5) is 0. The van der Waals surface area contributed by atoms with E-state index in [0.717, 1.165) is 5.75 Å². The number of hydrogen-bond acceptors (Lipinski definition) is 8.